The third-order valence-corrected chi connectivity index (χ3v) is 5.46. The fraction of sp³-hybridized carbons (Fsp3) is 0.471. The van der Waals surface area contributed by atoms with Crippen LogP contribution < -0.4 is 10.1 Å². The fourth-order valence-corrected chi connectivity index (χ4v) is 4.09. The van der Waals surface area contributed by atoms with Crippen molar-refractivity contribution in [1.82, 2.24) is 10.2 Å². The Labute approximate surface area is 155 Å². The van der Waals surface area contributed by atoms with Gasteiger partial charge < -0.3 is 10.1 Å². The van der Waals surface area contributed by atoms with E-state index in [0.29, 0.717) is 10.8 Å². The summed E-state index contributed by atoms with van der Waals surface area (Å²) < 4.78 is 5.45. The molecule has 134 valence electrons. The van der Waals surface area contributed by atoms with Crippen LogP contribution in [0.25, 0.3) is 0 Å². The van der Waals surface area contributed by atoms with Crippen molar-refractivity contribution in [3.8, 4) is 5.75 Å². The first-order valence-corrected chi connectivity index (χ1v) is 9.57. The van der Waals surface area contributed by atoms with Crippen molar-refractivity contribution in [2.75, 3.05) is 12.4 Å². The van der Waals surface area contributed by atoms with Crippen LogP contribution in [0, 0.1) is 0 Å². The molecule has 1 heterocycles. The highest BCUT2D eigenvalue weighted by atomic mass is 35.5. The molecule has 1 aliphatic carbocycles. The molecule has 6 nitrogen and oxygen atoms in total. The van der Waals surface area contributed by atoms with E-state index in [2.05, 4.69) is 5.32 Å². The van der Waals surface area contributed by atoms with E-state index in [4.69, 9.17) is 16.3 Å². The van der Waals surface area contributed by atoms with E-state index in [-0.39, 0.29) is 41.5 Å². The van der Waals surface area contributed by atoms with Crippen molar-refractivity contribution in [2.24, 2.45) is 0 Å². The van der Waals surface area contributed by atoms with Crippen molar-refractivity contribution in [3.05, 3.63) is 29.3 Å². The van der Waals surface area contributed by atoms with Gasteiger partial charge in [0.1, 0.15) is 5.75 Å². The largest absolute Gasteiger partial charge is 0.484 e. The number of halogens is 1. The minimum atomic E-state index is -0.265. The molecule has 1 saturated heterocycles. The second-order valence-electron chi connectivity index (χ2n) is 6.09. The summed E-state index contributed by atoms with van der Waals surface area (Å²) in [6.45, 7) is -0.124. The minimum absolute atomic E-state index is 0.124. The van der Waals surface area contributed by atoms with Crippen LogP contribution in [0.3, 0.4) is 0 Å². The second kappa shape index (κ2) is 8.10. The SMILES string of the molecule is O=C(COc1ccc(Cl)cc1)NC1CCCCC1N1C(=O)CSC1=O. The third kappa shape index (κ3) is 4.46. The molecule has 0 aromatic heterocycles. The van der Waals surface area contributed by atoms with Gasteiger partial charge in [-0.25, -0.2) is 0 Å². The van der Waals surface area contributed by atoms with Gasteiger partial charge in [-0.3, -0.25) is 19.3 Å². The van der Waals surface area contributed by atoms with E-state index in [1.54, 1.807) is 24.3 Å². The van der Waals surface area contributed by atoms with Gasteiger partial charge in [0.15, 0.2) is 6.61 Å². The molecule has 1 N–H and O–H groups in total. The molecule has 1 aromatic rings. The van der Waals surface area contributed by atoms with Crippen LogP contribution in [0.4, 0.5) is 4.79 Å². The lowest BCUT2D eigenvalue weighted by molar-refractivity contribution is -0.129. The van der Waals surface area contributed by atoms with Gasteiger partial charge >= 0.3 is 0 Å². The molecule has 2 atom stereocenters. The zero-order chi connectivity index (χ0) is 17.8. The zero-order valence-corrected chi connectivity index (χ0v) is 15.1. The van der Waals surface area contributed by atoms with E-state index in [0.717, 1.165) is 37.4 Å². The number of ether oxygens (including phenoxy) is 1. The summed E-state index contributed by atoms with van der Waals surface area (Å²) >= 11 is 6.83. The second-order valence-corrected chi connectivity index (χ2v) is 7.45. The Kier molecular flexibility index (Phi) is 5.86. The maximum absolute atomic E-state index is 12.2. The molecule has 0 bridgehead atoms. The zero-order valence-electron chi connectivity index (χ0n) is 13.6. The van der Waals surface area contributed by atoms with E-state index in [1.165, 1.54) is 4.90 Å². The predicted octanol–water partition coefficient (Wildman–Crippen LogP) is 2.84. The third-order valence-electron chi connectivity index (χ3n) is 4.38. The Balaban J connectivity index is 1.57. The highest BCUT2D eigenvalue weighted by molar-refractivity contribution is 8.14. The van der Waals surface area contributed by atoms with Crippen LogP contribution in [0.5, 0.6) is 5.75 Å². The topological polar surface area (TPSA) is 75.7 Å². The molecule has 25 heavy (non-hydrogen) atoms. The summed E-state index contributed by atoms with van der Waals surface area (Å²) in [7, 11) is 0. The molecule has 1 aromatic carbocycles. The maximum Gasteiger partial charge on any atom is 0.289 e. The Morgan fingerprint density at radius 2 is 1.96 bits per heavy atom. The quantitative estimate of drug-likeness (QED) is 0.847. The molecule has 3 amide bonds. The maximum atomic E-state index is 12.2. The summed E-state index contributed by atoms with van der Waals surface area (Å²) in [5.41, 5.74) is 0. The van der Waals surface area contributed by atoms with Crippen LogP contribution in [-0.2, 0) is 9.59 Å². The standard InChI is InChI=1S/C17H19ClN2O4S/c18-11-5-7-12(8-6-11)24-9-15(21)19-13-3-1-2-4-14(13)20-16(22)10-25-17(20)23/h5-8,13-14H,1-4,9-10H2,(H,19,21). The molecule has 0 radical (unpaired) electrons. The number of thioether (sulfide) groups is 1. The number of amides is 3. The molecule has 8 heteroatoms. The van der Waals surface area contributed by atoms with Gasteiger partial charge in [0, 0.05) is 11.1 Å². The van der Waals surface area contributed by atoms with Gasteiger partial charge in [-0.2, -0.15) is 0 Å². The average molecular weight is 383 g/mol. The molecular formula is C17H19ClN2O4S. The normalized spacial score (nSPS) is 23.6. The first-order chi connectivity index (χ1) is 12.0. The summed E-state index contributed by atoms with van der Waals surface area (Å²) in [6.07, 6.45) is 3.38. The van der Waals surface area contributed by atoms with Crippen molar-refractivity contribution in [1.29, 1.82) is 0 Å². The molecule has 2 aliphatic rings. The molecule has 1 saturated carbocycles. The number of benzene rings is 1. The molecular weight excluding hydrogens is 364 g/mol. The number of carbonyl (C=O) groups excluding carboxylic acids is 3. The Hall–Kier alpha value is -1.73. The number of nitrogens with one attached hydrogen (secondary N) is 1. The minimum Gasteiger partial charge on any atom is -0.484 e. The Morgan fingerprint density at radius 3 is 2.64 bits per heavy atom. The van der Waals surface area contributed by atoms with Crippen LogP contribution in [0.15, 0.2) is 24.3 Å². The summed E-state index contributed by atoms with van der Waals surface area (Å²) in [4.78, 5) is 37.5. The van der Waals surface area contributed by atoms with Crippen LogP contribution in [0.1, 0.15) is 25.7 Å². The number of nitrogens with zero attached hydrogens (tertiary/aromatic N) is 1. The van der Waals surface area contributed by atoms with E-state index < -0.39 is 0 Å². The Bertz CT molecular complexity index is 651. The van der Waals surface area contributed by atoms with E-state index in [1.807, 2.05) is 0 Å². The van der Waals surface area contributed by atoms with Gasteiger partial charge in [0.2, 0.25) is 5.91 Å². The summed E-state index contributed by atoms with van der Waals surface area (Å²) in [5.74, 6) is 0.313. The fourth-order valence-electron chi connectivity index (χ4n) is 3.20. The van der Waals surface area contributed by atoms with Gasteiger partial charge in [0.25, 0.3) is 11.1 Å². The molecule has 0 spiro atoms. The number of hydrogen-bond acceptors (Lipinski definition) is 5. The Morgan fingerprint density at radius 1 is 1.24 bits per heavy atom. The molecule has 1 aliphatic heterocycles. The molecule has 3 rings (SSSR count). The first-order valence-electron chi connectivity index (χ1n) is 8.21. The monoisotopic (exact) mass is 382 g/mol. The van der Waals surface area contributed by atoms with Crippen molar-refractivity contribution >= 4 is 40.4 Å². The van der Waals surface area contributed by atoms with Gasteiger partial charge in [0.05, 0.1) is 11.8 Å². The van der Waals surface area contributed by atoms with Crippen LogP contribution in [0.2, 0.25) is 5.02 Å². The van der Waals surface area contributed by atoms with Gasteiger partial charge in [-0.05, 0) is 37.1 Å². The lowest BCUT2D eigenvalue weighted by Crippen LogP contribution is -2.55. The number of imide groups is 1. The van der Waals surface area contributed by atoms with E-state index in [9.17, 15) is 14.4 Å². The number of hydrogen-bond donors (Lipinski definition) is 1. The highest BCUT2D eigenvalue weighted by Crippen LogP contribution is 2.30. The lowest BCUT2D eigenvalue weighted by atomic mass is 9.89. The van der Waals surface area contributed by atoms with Gasteiger partial charge in [-0.15, -0.1) is 0 Å². The first kappa shape index (κ1) is 18.1. The average Bonchev–Trinajstić information content (AvgIpc) is 2.94. The van der Waals surface area contributed by atoms with Crippen molar-refractivity contribution in [3.63, 3.8) is 0 Å². The highest BCUT2D eigenvalue weighted by Gasteiger charge is 2.41. The van der Waals surface area contributed by atoms with Crippen molar-refractivity contribution in [2.45, 2.75) is 37.8 Å². The van der Waals surface area contributed by atoms with Gasteiger partial charge in [-0.1, -0.05) is 36.2 Å². The van der Waals surface area contributed by atoms with Crippen LogP contribution >= 0.6 is 23.4 Å². The smallest absolute Gasteiger partial charge is 0.289 e. The number of rotatable bonds is 5. The summed E-state index contributed by atoms with van der Waals surface area (Å²) in [6, 6.07) is 6.28. The summed E-state index contributed by atoms with van der Waals surface area (Å²) in [5, 5.41) is 3.31. The molecule has 2 fully saturated rings. The predicted molar refractivity (Wildman–Crippen MR) is 95.8 cm³/mol. The molecule has 2 unspecified atom stereocenters. The number of carbonyl (C=O) groups is 3. The van der Waals surface area contributed by atoms with E-state index >= 15 is 0 Å². The van der Waals surface area contributed by atoms with Crippen LogP contribution in [-0.4, -0.2) is 46.4 Å². The lowest BCUT2D eigenvalue weighted by Gasteiger charge is -2.36. The van der Waals surface area contributed by atoms with Crippen molar-refractivity contribution < 1.29 is 19.1 Å².